The Labute approximate surface area is 75.3 Å². The predicted molar refractivity (Wildman–Crippen MR) is 42.3 cm³/mol. The van der Waals surface area contributed by atoms with Crippen LogP contribution in [-0.4, -0.2) is 42.4 Å². The highest BCUT2D eigenvalue weighted by molar-refractivity contribution is 4.80. The Morgan fingerprint density at radius 2 is 1.92 bits per heavy atom. The first-order valence-corrected chi connectivity index (χ1v) is 4.30. The second-order valence-electron chi connectivity index (χ2n) is 3.80. The van der Waals surface area contributed by atoms with E-state index in [1.807, 2.05) is 0 Å². The molecule has 0 amide bonds. The van der Waals surface area contributed by atoms with Crippen molar-refractivity contribution in [3.05, 3.63) is 0 Å². The highest BCUT2D eigenvalue weighted by Gasteiger charge is 2.33. The van der Waals surface area contributed by atoms with E-state index in [4.69, 9.17) is 5.11 Å². The van der Waals surface area contributed by atoms with Gasteiger partial charge in [-0.25, -0.2) is 0 Å². The fourth-order valence-electron chi connectivity index (χ4n) is 1.66. The van der Waals surface area contributed by atoms with Gasteiger partial charge in [-0.15, -0.1) is 0 Å². The first-order chi connectivity index (χ1) is 5.87. The lowest BCUT2D eigenvalue weighted by molar-refractivity contribution is -0.145. The van der Waals surface area contributed by atoms with Crippen molar-refractivity contribution < 1.29 is 18.3 Å². The second-order valence-corrected chi connectivity index (χ2v) is 3.80. The summed E-state index contributed by atoms with van der Waals surface area (Å²) in [5.74, 6) is 0.238. The molecule has 1 N–H and O–H groups in total. The molecule has 0 unspecified atom stereocenters. The molecule has 0 saturated heterocycles. The molecule has 5 heteroatoms. The minimum atomic E-state index is -4.11. The van der Waals surface area contributed by atoms with Crippen LogP contribution >= 0.6 is 0 Å². The van der Waals surface area contributed by atoms with E-state index in [0.717, 1.165) is 0 Å². The molecule has 0 aliphatic heterocycles. The number of hydrogen-bond donors (Lipinski definition) is 1. The molecule has 0 atom stereocenters. The Hall–Kier alpha value is -0.290. The van der Waals surface area contributed by atoms with E-state index in [2.05, 4.69) is 0 Å². The number of hydrogen-bond acceptors (Lipinski definition) is 2. The van der Waals surface area contributed by atoms with Gasteiger partial charge >= 0.3 is 6.18 Å². The molecule has 0 radical (unpaired) electrons. The largest absolute Gasteiger partial charge is 0.401 e. The summed E-state index contributed by atoms with van der Waals surface area (Å²) in [6, 6.07) is 0. The molecular formula is C8H14F3NO. The fourth-order valence-corrected chi connectivity index (χ4v) is 1.66. The van der Waals surface area contributed by atoms with Crippen LogP contribution in [0.2, 0.25) is 0 Å². The van der Waals surface area contributed by atoms with Crippen molar-refractivity contribution in [2.75, 3.05) is 20.1 Å². The minimum Gasteiger partial charge on any atom is -0.393 e. The summed E-state index contributed by atoms with van der Waals surface area (Å²) in [6.07, 6.45) is -3.12. The van der Waals surface area contributed by atoms with E-state index in [9.17, 15) is 13.2 Å². The molecule has 1 rings (SSSR count). The summed E-state index contributed by atoms with van der Waals surface area (Å²) in [6.45, 7) is -0.434. The topological polar surface area (TPSA) is 23.5 Å². The summed E-state index contributed by atoms with van der Waals surface area (Å²) in [5.41, 5.74) is 0. The first-order valence-electron chi connectivity index (χ1n) is 4.30. The van der Waals surface area contributed by atoms with Gasteiger partial charge in [-0.2, -0.15) is 13.2 Å². The third-order valence-electron chi connectivity index (χ3n) is 2.23. The van der Waals surface area contributed by atoms with Gasteiger partial charge in [0.2, 0.25) is 0 Å². The fraction of sp³-hybridized carbons (Fsp3) is 1.00. The van der Waals surface area contributed by atoms with Crippen LogP contribution in [-0.2, 0) is 0 Å². The number of nitrogens with zero attached hydrogens (tertiary/aromatic N) is 1. The lowest BCUT2D eigenvalue weighted by Gasteiger charge is -2.34. The standard InChI is InChI=1S/C8H14F3NO/c1-12(5-8(9,10)11)4-6-2-7(13)3-6/h6-7,13H,2-5H2,1H3. The highest BCUT2D eigenvalue weighted by atomic mass is 19.4. The number of aliphatic hydroxyl groups excluding tert-OH is 1. The Kier molecular flexibility index (Phi) is 3.18. The first kappa shape index (κ1) is 10.8. The van der Waals surface area contributed by atoms with E-state index in [0.29, 0.717) is 19.4 Å². The third kappa shape index (κ3) is 3.95. The van der Waals surface area contributed by atoms with Gasteiger partial charge in [0.15, 0.2) is 0 Å². The molecule has 0 aromatic carbocycles. The maximum absolute atomic E-state index is 11.9. The average Bonchev–Trinajstić information content (AvgIpc) is 1.79. The Bertz CT molecular complexity index is 165. The predicted octanol–water partition coefficient (Wildman–Crippen LogP) is 1.25. The summed E-state index contributed by atoms with van der Waals surface area (Å²) in [4.78, 5) is 1.26. The smallest absolute Gasteiger partial charge is 0.393 e. The maximum atomic E-state index is 11.9. The number of halogens is 3. The van der Waals surface area contributed by atoms with Gasteiger partial charge in [0.05, 0.1) is 12.6 Å². The zero-order valence-electron chi connectivity index (χ0n) is 7.51. The third-order valence-corrected chi connectivity index (χ3v) is 2.23. The minimum absolute atomic E-state index is 0.238. The second kappa shape index (κ2) is 3.84. The molecule has 0 aromatic heterocycles. The molecule has 0 bridgehead atoms. The van der Waals surface area contributed by atoms with Crippen molar-refractivity contribution in [3.8, 4) is 0 Å². The zero-order valence-corrected chi connectivity index (χ0v) is 7.51. The average molecular weight is 197 g/mol. The number of alkyl halides is 3. The van der Waals surface area contributed by atoms with Crippen molar-refractivity contribution in [2.24, 2.45) is 5.92 Å². The van der Waals surface area contributed by atoms with Gasteiger partial charge in [0.1, 0.15) is 0 Å². The van der Waals surface area contributed by atoms with Crippen LogP contribution in [0.3, 0.4) is 0 Å². The van der Waals surface area contributed by atoms with Crippen LogP contribution in [0.5, 0.6) is 0 Å². The van der Waals surface area contributed by atoms with Gasteiger partial charge in [-0.3, -0.25) is 4.90 Å². The lowest BCUT2D eigenvalue weighted by atomic mass is 9.82. The van der Waals surface area contributed by atoms with Gasteiger partial charge in [0.25, 0.3) is 0 Å². The van der Waals surface area contributed by atoms with Gasteiger partial charge in [0, 0.05) is 6.54 Å². The molecule has 1 fully saturated rings. The summed E-state index contributed by atoms with van der Waals surface area (Å²) in [5, 5.41) is 8.92. The molecule has 78 valence electrons. The molecule has 0 aromatic rings. The molecule has 13 heavy (non-hydrogen) atoms. The van der Waals surface area contributed by atoms with E-state index < -0.39 is 12.7 Å². The molecule has 1 saturated carbocycles. The highest BCUT2D eigenvalue weighted by Crippen LogP contribution is 2.28. The normalized spacial score (nSPS) is 29.1. The van der Waals surface area contributed by atoms with E-state index in [-0.39, 0.29) is 12.0 Å². The SMILES string of the molecule is CN(CC1CC(O)C1)CC(F)(F)F. The van der Waals surface area contributed by atoms with Gasteiger partial charge < -0.3 is 5.11 Å². The van der Waals surface area contributed by atoms with E-state index in [1.54, 1.807) is 0 Å². The summed E-state index contributed by atoms with van der Waals surface area (Å²) in [7, 11) is 1.46. The number of rotatable bonds is 3. The van der Waals surface area contributed by atoms with Crippen LogP contribution in [0.15, 0.2) is 0 Å². The van der Waals surface area contributed by atoms with Gasteiger partial charge in [-0.1, -0.05) is 0 Å². The van der Waals surface area contributed by atoms with Crippen LogP contribution < -0.4 is 0 Å². The molecule has 1 aliphatic rings. The Morgan fingerprint density at radius 3 is 2.31 bits per heavy atom. The van der Waals surface area contributed by atoms with Crippen molar-refractivity contribution >= 4 is 0 Å². The zero-order chi connectivity index (χ0) is 10.1. The van der Waals surface area contributed by atoms with Gasteiger partial charge in [-0.05, 0) is 25.8 Å². The quantitative estimate of drug-likeness (QED) is 0.736. The van der Waals surface area contributed by atoms with Crippen LogP contribution in [0.1, 0.15) is 12.8 Å². The molecule has 0 spiro atoms. The summed E-state index contributed by atoms with van der Waals surface area (Å²) < 4.78 is 35.6. The van der Waals surface area contributed by atoms with Crippen LogP contribution in [0.4, 0.5) is 13.2 Å². The van der Waals surface area contributed by atoms with Crippen molar-refractivity contribution in [1.29, 1.82) is 0 Å². The molecule has 0 heterocycles. The van der Waals surface area contributed by atoms with Crippen molar-refractivity contribution in [2.45, 2.75) is 25.1 Å². The van der Waals surface area contributed by atoms with E-state index in [1.165, 1.54) is 11.9 Å². The molecular weight excluding hydrogens is 183 g/mol. The molecule has 1 aliphatic carbocycles. The van der Waals surface area contributed by atoms with Crippen LogP contribution in [0, 0.1) is 5.92 Å². The van der Waals surface area contributed by atoms with Crippen molar-refractivity contribution in [1.82, 2.24) is 4.90 Å². The summed E-state index contributed by atoms with van der Waals surface area (Å²) >= 11 is 0. The lowest BCUT2D eigenvalue weighted by Crippen LogP contribution is -2.40. The van der Waals surface area contributed by atoms with Crippen LogP contribution in [0.25, 0.3) is 0 Å². The maximum Gasteiger partial charge on any atom is 0.401 e. The monoisotopic (exact) mass is 197 g/mol. The Balaban J connectivity index is 2.15. The Morgan fingerprint density at radius 1 is 1.38 bits per heavy atom. The van der Waals surface area contributed by atoms with Crippen molar-refractivity contribution in [3.63, 3.8) is 0 Å². The number of aliphatic hydroxyl groups is 1. The van der Waals surface area contributed by atoms with E-state index >= 15 is 0 Å². The molecule has 2 nitrogen and oxygen atoms in total.